The molecule has 2 heteroatoms. The zero-order valence-electron chi connectivity index (χ0n) is 10.5. The van der Waals surface area contributed by atoms with Crippen LogP contribution in [-0.2, 0) is 0 Å². The first kappa shape index (κ1) is 11.5. The van der Waals surface area contributed by atoms with Crippen molar-refractivity contribution in [2.75, 3.05) is 13.2 Å². The summed E-state index contributed by atoms with van der Waals surface area (Å²) >= 11 is 0. The van der Waals surface area contributed by atoms with E-state index in [1.54, 1.807) is 0 Å². The molecule has 0 aliphatic heterocycles. The Morgan fingerprint density at radius 1 is 1.12 bits per heavy atom. The van der Waals surface area contributed by atoms with E-state index in [4.69, 9.17) is 4.74 Å². The first-order valence-corrected chi connectivity index (χ1v) is 6.11. The van der Waals surface area contributed by atoms with Crippen molar-refractivity contribution in [3.63, 3.8) is 0 Å². The molecule has 1 fully saturated rings. The lowest BCUT2D eigenvalue weighted by molar-refractivity contribution is 0.311. The predicted molar refractivity (Wildman–Crippen MR) is 67.2 cm³/mol. The zero-order valence-corrected chi connectivity index (χ0v) is 10.5. The van der Waals surface area contributed by atoms with E-state index >= 15 is 0 Å². The van der Waals surface area contributed by atoms with Gasteiger partial charge in [-0.3, -0.25) is 0 Å². The molecule has 0 radical (unpaired) electrons. The van der Waals surface area contributed by atoms with E-state index in [1.165, 1.54) is 29.5 Å². The molecule has 0 unspecified atom stereocenters. The molecule has 0 amide bonds. The first-order valence-electron chi connectivity index (χ1n) is 6.11. The van der Waals surface area contributed by atoms with Gasteiger partial charge in [0.15, 0.2) is 0 Å². The summed E-state index contributed by atoms with van der Waals surface area (Å²) in [5, 5.41) is 3.45. The summed E-state index contributed by atoms with van der Waals surface area (Å²) in [6, 6.07) is 5.10. The first-order chi connectivity index (χ1) is 7.66. The average Bonchev–Trinajstić information content (AvgIpc) is 3.04. The van der Waals surface area contributed by atoms with Gasteiger partial charge in [-0.1, -0.05) is 6.07 Å². The Kier molecular flexibility index (Phi) is 3.49. The van der Waals surface area contributed by atoms with Gasteiger partial charge in [-0.2, -0.15) is 0 Å². The maximum Gasteiger partial charge on any atom is 0.122 e. The van der Waals surface area contributed by atoms with Gasteiger partial charge in [0.1, 0.15) is 12.4 Å². The highest BCUT2D eigenvalue weighted by atomic mass is 16.5. The van der Waals surface area contributed by atoms with Crippen molar-refractivity contribution in [3.05, 3.63) is 28.8 Å². The van der Waals surface area contributed by atoms with Gasteiger partial charge in [-0.05, 0) is 56.4 Å². The fraction of sp³-hybridized carbons (Fsp3) is 0.571. The Morgan fingerprint density at radius 3 is 2.50 bits per heavy atom. The zero-order chi connectivity index (χ0) is 11.5. The molecule has 0 atom stereocenters. The van der Waals surface area contributed by atoms with Gasteiger partial charge in [0, 0.05) is 12.6 Å². The molecular weight excluding hydrogens is 198 g/mol. The third-order valence-electron chi connectivity index (χ3n) is 3.16. The van der Waals surface area contributed by atoms with Crippen molar-refractivity contribution in [3.8, 4) is 5.75 Å². The summed E-state index contributed by atoms with van der Waals surface area (Å²) in [4.78, 5) is 0. The summed E-state index contributed by atoms with van der Waals surface area (Å²) in [6.07, 6.45) is 2.67. The van der Waals surface area contributed by atoms with Gasteiger partial charge in [0.2, 0.25) is 0 Å². The molecule has 16 heavy (non-hydrogen) atoms. The van der Waals surface area contributed by atoms with Crippen LogP contribution in [-0.4, -0.2) is 19.2 Å². The maximum absolute atomic E-state index is 5.79. The molecule has 0 spiro atoms. The molecule has 88 valence electrons. The highest BCUT2D eigenvalue weighted by Gasteiger charge is 2.19. The number of ether oxygens (including phenoxy) is 1. The van der Waals surface area contributed by atoms with Crippen LogP contribution >= 0.6 is 0 Å². The Hall–Kier alpha value is -1.02. The SMILES string of the molecule is Cc1cc(C)c(OCCNC2CC2)cc1C. The second kappa shape index (κ2) is 4.88. The molecular formula is C14H21NO. The van der Waals surface area contributed by atoms with Crippen molar-refractivity contribution in [2.45, 2.75) is 39.7 Å². The number of benzene rings is 1. The monoisotopic (exact) mass is 219 g/mol. The molecule has 1 aromatic carbocycles. The van der Waals surface area contributed by atoms with Crippen LogP contribution in [0.15, 0.2) is 12.1 Å². The molecule has 1 saturated carbocycles. The van der Waals surface area contributed by atoms with Crippen LogP contribution in [0.25, 0.3) is 0 Å². The largest absolute Gasteiger partial charge is 0.492 e. The van der Waals surface area contributed by atoms with Gasteiger partial charge in [0.05, 0.1) is 0 Å². The van der Waals surface area contributed by atoms with Gasteiger partial charge in [-0.15, -0.1) is 0 Å². The van der Waals surface area contributed by atoms with Crippen molar-refractivity contribution in [2.24, 2.45) is 0 Å². The van der Waals surface area contributed by atoms with Gasteiger partial charge in [0.25, 0.3) is 0 Å². The molecule has 2 rings (SSSR count). The van der Waals surface area contributed by atoms with Crippen LogP contribution in [0.2, 0.25) is 0 Å². The van der Waals surface area contributed by atoms with Crippen LogP contribution in [0.4, 0.5) is 0 Å². The van der Waals surface area contributed by atoms with Crippen LogP contribution < -0.4 is 10.1 Å². The lowest BCUT2D eigenvalue weighted by Crippen LogP contribution is -2.23. The average molecular weight is 219 g/mol. The second-order valence-corrected chi connectivity index (χ2v) is 4.78. The Labute approximate surface area is 98.0 Å². The highest BCUT2D eigenvalue weighted by Crippen LogP contribution is 2.22. The molecule has 0 bridgehead atoms. The smallest absolute Gasteiger partial charge is 0.122 e. The Morgan fingerprint density at radius 2 is 1.81 bits per heavy atom. The Balaban J connectivity index is 1.85. The maximum atomic E-state index is 5.79. The van der Waals surface area contributed by atoms with Crippen molar-refractivity contribution in [1.82, 2.24) is 5.32 Å². The van der Waals surface area contributed by atoms with Gasteiger partial charge < -0.3 is 10.1 Å². The molecule has 1 aliphatic rings. The standard InChI is InChI=1S/C14H21NO/c1-10-8-12(3)14(9-11(10)2)16-7-6-15-13-4-5-13/h8-9,13,15H,4-7H2,1-3H3. The molecule has 1 aromatic rings. The van der Waals surface area contributed by atoms with E-state index in [1.807, 2.05) is 0 Å². The Bertz CT molecular complexity index is 369. The number of hydrogen-bond acceptors (Lipinski definition) is 2. The molecule has 0 heterocycles. The minimum Gasteiger partial charge on any atom is -0.492 e. The van der Waals surface area contributed by atoms with Crippen molar-refractivity contribution < 1.29 is 4.74 Å². The normalized spacial score (nSPS) is 15.2. The molecule has 2 nitrogen and oxygen atoms in total. The summed E-state index contributed by atoms with van der Waals surface area (Å²) in [7, 11) is 0. The van der Waals surface area contributed by atoms with Crippen LogP contribution in [0, 0.1) is 20.8 Å². The summed E-state index contributed by atoms with van der Waals surface area (Å²) < 4.78 is 5.79. The topological polar surface area (TPSA) is 21.3 Å². The second-order valence-electron chi connectivity index (χ2n) is 4.78. The molecule has 0 aromatic heterocycles. The third-order valence-corrected chi connectivity index (χ3v) is 3.16. The number of hydrogen-bond donors (Lipinski definition) is 1. The van der Waals surface area contributed by atoms with E-state index in [0.29, 0.717) is 0 Å². The molecule has 0 saturated heterocycles. The van der Waals surface area contributed by atoms with E-state index < -0.39 is 0 Å². The van der Waals surface area contributed by atoms with Gasteiger partial charge >= 0.3 is 0 Å². The fourth-order valence-corrected chi connectivity index (χ4v) is 1.80. The van der Waals surface area contributed by atoms with E-state index in [9.17, 15) is 0 Å². The minimum absolute atomic E-state index is 0.764. The highest BCUT2D eigenvalue weighted by molar-refractivity contribution is 5.40. The van der Waals surface area contributed by atoms with E-state index in [-0.39, 0.29) is 0 Å². The fourth-order valence-electron chi connectivity index (χ4n) is 1.80. The van der Waals surface area contributed by atoms with Crippen LogP contribution in [0.1, 0.15) is 29.5 Å². The van der Waals surface area contributed by atoms with Crippen molar-refractivity contribution in [1.29, 1.82) is 0 Å². The van der Waals surface area contributed by atoms with Crippen LogP contribution in [0.5, 0.6) is 5.75 Å². The summed E-state index contributed by atoms with van der Waals surface area (Å²) in [5.41, 5.74) is 3.87. The van der Waals surface area contributed by atoms with Crippen LogP contribution in [0.3, 0.4) is 0 Å². The third kappa shape index (κ3) is 2.99. The van der Waals surface area contributed by atoms with E-state index in [0.717, 1.165) is 24.9 Å². The lowest BCUT2D eigenvalue weighted by Gasteiger charge is -2.12. The number of rotatable bonds is 5. The number of aryl methyl sites for hydroxylation is 3. The molecule has 1 aliphatic carbocycles. The summed E-state index contributed by atoms with van der Waals surface area (Å²) in [6.45, 7) is 8.10. The van der Waals surface area contributed by atoms with Gasteiger partial charge in [-0.25, -0.2) is 0 Å². The number of nitrogens with one attached hydrogen (secondary N) is 1. The van der Waals surface area contributed by atoms with Crippen molar-refractivity contribution >= 4 is 0 Å². The minimum atomic E-state index is 0.764. The van der Waals surface area contributed by atoms with E-state index in [2.05, 4.69) is 38.2 Å². The summed E-state index contributed by atoms with van der Waals surface area (Å²) in [5.74, 6) is 1.03. The lowest BCUT2D eigenvalue weighted by atomic mass is 10.1. The predicted octanol–water partition coefficient (Wildman–Crippen LogP) is 2.74. The quantitative estimate of drug-likeness (QED) is 0.769. The molecule has 1 N–H and O–H groups in total.